The molecule has 1 saturated heterocycles. The number of carbonyl (C=O) groups is 2. The minimum Gasteiger partial charge on any atom is -0.361 e. The molecule has 6 heteroatoms. The highest BCUT2D eigenvalue weighted by molar-refractivity contribution is 5.82. The zero-order valence-corrected chi connectivity index (χ0v) is 15.8. The molecule has 1 aliphatic heterocycles. The molecule has 142 valence electrons. The van der Waals surface area contributed by atoms with E-state index in [-0.39, 0.29) is 23.9 Å². The molecule has 27 heavy (non-hydrogen) atoms. The van der Waals surface area contributed by atoms with Crippen molar-refractivity contribution in [3.05, 3.63) is 52.4 Å². The number of likely N-dealkylation sites (tertiary alicyclic amines) is 1. The van der Waals surface area contributed by atoms with Crippen molar-refractivity contribution in [3.63, 3.8) is 0 Å². The normalized spacial score (nSPS) is 19.6. The van der Waals surface area contributed by atoms with Gasteiger partial charge >= 0.3 is 0 Å². The number of aryl methyl sites for hydroxylation is 2. The summed E-state index contributed by atoms with van der Waals surface area (Å²) in [5.74, 6) is 0.886. The van der Waals surface area contributed by atoms with Crippen LogP contribution in [0.4, 0.5) is 0 Å². The van der Waals surface area contributed by atoms with Gasteiger partial charge in [0.15, 0.2) is 0 Å². The van der Waals surface area contributed by atoms with E-state index in [1.165, 1.54) is 11.1 Å². The van der Waals surface area contributed by atoms with Crippen LogP contribution < -0.4 is 5.32 Å². The highest BCUT2D eigenvalue weighted by Crippen LogP contribution is 2.28. The third kappa shape index (κ3) is 3.61. The van der Waals surface area contributed by atoms with E-state index in [1.807, 2.05) is 18.7 Å². The quantitative estimate of drug-likeness (QED) is 0.878. The van der Waals surface area contributed by atoms with Crippen LogP contribution in [0.25, 0.3) is 0 Å². The lowest BCUT2D eigenvalue weighted by molar-refractivity contribution is -0.129. The second-order valence-electron chi connectivity index (χ2n) is 7.65. The number of nitrogens with one attached hydrogen (secondary N) is 1. The Labute approximate surface area is 158 Å². The topological polar surface area (TPSA) is 75.4 Å². The lowest BCUT2D eigenvalue weighted by Gasteiger charge is -2.24. The summed E-state index contributed by atoms with van der Waals surface area (Å²) in [6, 6.07) is 8.51. The summed E-state index contributed by atoms with van der Waals surface area (Å²) in [6.45, 7) is 4.35. The van der Waals surface area contributed by atoms with E-state index >= 15 is 0 Å². The molecule has 2 aromatic rings. The summed E-state index contributed by atoms with van der Waals surface area (Å²) in [6.07, 6.45) is 3.20. The number of hydrogen-bond acceptors (Lipinski definition) is 4. The van der Waals surface area contributed by atoms with E-state index < -0.39 is 0 Å². The van der Waals surface area contributed by atoms with Gasteiger partial charge in [-0.25, -0.2) is 0 Å². The molecular weight excluding hydrogens is 342 g/mol. The predicted molar refractivity (Wildman–Crippen MR) is 100 cm³/mol. The Balaban J connectivity index is 1.30. The lowest BCUT2D eigenvalue weighted by Crippen LogP contribution is -2.41. The van der Waals surface area contributed by atoms with Crippen molar-refractivity contribution in [2.24, 2.45) is 0 Å². The van der Waals surface area contributed by atoms with Gasteiger partial charge in [-0.15, -0.1) is 0 Å². The first-order valence-corrected chi connectivity index (χ1v) is 9.58. The Hall–Kier alpha value is -2.63. The van der Waals surface area contributed by atoms with Crippen molar-refractivity contribution in [3.8, 4) is 0 Å². The molecule has 1 N–H and O–H groups in total. The molecule has 4 rings (SSSR count). The van der Waals surface area contributed by atoms with Crippen LogP contribution in [-0.4, -0.2) is 40.5 Å². The molecule has 0 bridgehead atoms. The summed E-state index contributed by atoms with van der Waals surface area (Å²) in [4.78, 5) is 26.8. The van der Waals surface area contributed by atoms with Crippen molar-refractivity contribution in [1.29, 1.82) is 0 Å². The number of hydrogen-bond donors (Lipinski definition) is 1. The van der Waals surface area contributed by atoms with Crippen molar-refractivity contribution < 1.29 is 14.1 Å². The summed E-state index contributed by atoms with van der Waals surface area (Å²) >= 11 is 0. The number of rotatable bonds is 5. The van der Waals surface area contributed by atoms with Gasteiger partial charge in [-0.2, -0.15) is 0 Å². The Bertz CT molecular complexity index is 829. The highest BCUT2D eigenvalue weighted by Gasteiger charge is 2.37. The van der Waals surface area contributed by atoms with Gasteiger partial charge in [0.25, 0.3) is 0 Å². The standard InChI is InChI=1S/C21H25N3O3/c1-13-19(14(2)27-23-13)7-8-20(25)22-17-11-21(26)24(12-17)18-9-15-5-3-4-6-16(15)10-18/h3-6,17-18H,7-12H2,1-2H3,(H,22,25)/t17-/m0/s1. The first-order chi connectivity index (χ1) is 13.0. The predicted octanol–water partition coefficient (Wildman–Crippen LogP) is 2.11. The maximum absolute atomic E-state index is 12.5. The molecule has 0 unspecified atom stereocenters. The van der Waals surface area contributed by atoms with Crippen LogP contribution >= 0.6 is 0 Å². The Kier molecular flexibility index (Phi) is 4.72. The van der Waals surface area contributed by atoms with Gasteiger partial charge < -0.3 is 14.7 Å². The van der Waals surface area contributed by atoms with Crippen molar-refractivity contribution in [1.82, 2.24) is 15.4 Å². The first kappa shape index (κ1) is 17.8. The van der Waals surface area contributed by atoms with Gasteiger partial charge in [0.1, 0.15) is 5.76 Å². The van der Waals surface area contributed by atoms with Crippen molar-refractivity contribution in [2.45, 2.75) is 58.0 Å². The zero-order valence-electron chi connectivity index (χ0n) is 15.8. The van der Waals surface area contributed by atoms with E-state index in [2.05, 4.69) is 34.7 Å². The van der Waals surface area contributed by atoms with E-state index in [0.29, 0.717) is 25.8 Å². The molecule has 2 amide bonds. The molecule has 1 atom stereocenters. The number of amides is 2. The first-order valence-electron chi connectivity index (χ1n) is 9.58. The summed E-state index contributed by atoms with van der Waals surface area (Å²) in [5.41, 5.74) is 4.51. The third-order valence-corrected chi connectivity index (χ3v) is 5.78. The smallest absolute Gasteiger partial charge is 0.225 e. The number of benzene rings is 1. The second-order valence-corrected chi connectivity index (χ2v) is 7.65. The maximum atomic E-state index is 12.5. The maximum Gasteiger partial charge on any atom is 0.225 e. The van der Waals surface area contributed by atoms with Gasteiger partial charge in [-0.1, -0.05) is 29.4 Å². The summed E-state index contributed by atoms with van der Waals surface area (Å²) in [7, 11) is 0. The van der Waals surface area contributed by atoms with E-state index in [9.17, 15) is 9.59 Å². The molecule has 1 aromatic heterocycles. The Morgan fingerprint density at radius 2 is 1.93 bits per heavy atom. The second kappa shape index (κ2) is 7.18. The molecule has 0 spiro atoms. The van der Waals surface area contributed by atoms with Crippen LogP contribution in [-0.2, 0) is 28.9 Å². The molecule has 1 aromatic carbocycles. The van der Waals surface area contributed by atoms with E-state index in [0.717, 1.165) is 29.9 Å². The van der Waals surface area contributed by atoms with Crippen molar-refractivity contribution in [2.75, 3.05) is 6.54 Å². The molecule has 1 fully saturated rings. The number of carbonyl (C=O) groups excluding carboxylic acids is 2. The summed E-state index contributed by atoms with van der Waals surface area (Å²) in [5, 5.41) is 6.95. The van der Waals surface area contributed by atoms with Crippen molar-refractivity contribution >= 4 is 11.8 Å². The number of aromatic nitrogens is 1. The molecule has 0 saturated carbocycles. The van der Waals surface area contributed by atoms with Crippen LogP contribution in [0.2, 0.25) is 0 Å². The molecular formula is C21H25N3O3. The molecule has 0 radical (unpaired) electrons. The summed E-state index contributed by atoms with van der Waals surface area (Å²) < 4.78 is 5.14. The van der Waals surface area contributed by atoms with Gasteiger partial charge in [0, 0.05) is 31.0 Å². The fraction of sp³-hybridized carbons (Fsp3) is 0.476. The Morgan fingerprint density at radius 3 is 2.56 bits per heavy atom. The van der Waals surface area contributed by atoms with E-state index in [1.54, 1.807) is 0 Å². The molecule has 1 aliphatic carbocycles. The minimum atomic E-state index is -0.0987. The minimum absolute atomic E-state index is 0.0237. The lowest BCUT2D eigenvalue weighted by atomic mass is 10.1. The largest absolute Gasteiger partial charge is 0.361 e. The fourth-order valence-corrected chi connectivity index (χ4v) is 4.33. The van der Waals surface area contributed by atoms with Gasteiger partial charge in [0.2, 0.25) is 11.8 Å². The van der Waals surface area contributed by atoms with Gasteiger partial charge in [-0.05, 0) is 44.2 Å². The highest BCUT2D eigenvalue weighted by atomic mass is 16.5. The van der Waals surface area contributed by atoms with Crippen LogP contribution in [0, 0.1) is 13.8 Å². The average Bonchev–Trinajstić information content (AvgIpc) is 3.31. The van der Waals surface area contributed by atoms with Crippen LogP contribution in [0.15, 0.2) is 28.8 Å². The van der Waals surface area contributed by atoms with Gasteiger partial charge in [-0.3, -0.25) is 9.59 Å². The average molecular weight is 367 g/mol. The SMILES string of the molecule is Cc1noc(C)c1CCC(=O)N[C@H]1CC(=O)N(C2Cc3ccccc3C2)C1. The molecule has 2 aliphatic rings. The number of nitrogens with zero attached hydrogens (tertiary/aromatic N) is 2. The third-order valence-electron chi connectivity index (χ3n) is 5.78. The molecule has 6 nitrogen and oxygen atoms in total. The van der Waals surface area contributed by atoms with Crippen LogP contribution in [0.5, 0.6) is 0 Å². The fourth-order valence-electron chi connectivity index (χ4n) is 4.33. The monoisotopic (exact) mass is 367 g/mol. The van der Waals surface area contributed by atoms with Crippen LogP contribution in [0.1, 0.15) is 41.0 Å². The van der Waals surface area contributed by atoms with Crippen LogP contribution in [0.3, 0.4) is 0 Å². The van der Waals surface area contributed by atoms with E-state index in [4.69, 9.17) is 4.52 Å². The van der Waals surface area contributed by atoms with Gasteiger partial charge in [0.05, 0.1) is 11.7 Å². The Morgan fingerprint density at radius 1 is 1.22 bits per heavy atom. The molecule has 2 heterocycles. The number of fused-ring (bicyclic) bond motifs is 1. The zero-order chi connectivity index (χ0) is 19.0.